The summed E-state index contributed by atoms with van der Waals surface area (Å²) >= 11 is 8.08. The lowest BCUT2D eigenvalue weighted by Crippen LogP contribution is -2.26. The molecule has 5 aromatic rings. The van der Waals surface area contributed by atoms with Crippen LogP contribution < -0.4 is 5.32 Å². The van der Waals surface area contributed by atoms with Crippen molar-refractivity contribution in [2.75, 3.05) is 6.61 Å². The standard InChI is InChI=1S/C33H24ClN3O3S/c34-30-17-23(21-11-14-35-15-12-21)16-24(31(30)41-32-22(19-38)6-5-13-36-32)18-37-33(39)40-20-29-27-9-3-1-7-25(27)26-8-2-4-10-28(26)29/h1-17,19,29H,18,20H2,(H,37,39). The van der Waals surface area contributed by atoms with Crippen LogP contribution in [0.2, 0.25) is 5.02 Å². The maximum absolute atomic E-state index is 13.0. The lowest BCUT2D eigenvalue weighted by molar-refractivity contribution is 0.112. The van der Waals surface area contributed by atoms with Gasteiger partial charge in [0, 0.05) is 41.5 Å². The minimum absolute atomic E-state index is 0.0327. The van der Waals surface area contributed by atoms with E-state index in [0.717, 1.165) is 34.1 Å². The number of nitrogens with zero attached hydrogens (tertiary/aromatic N) is 2. The second kappa shape index (κ2) is 12.0. The molecule has 0 aliphatic heterocycles. The van der Waals surface area contributed by atoms with Crippen LogP contribution in [0.25, 0.3) is 22.3 Å². The Morgan fingerprint density at radius 1 is 0.902 bits per heavy atom. The van der Waals surface area contributed by atoms with Crippen LogP contribution in [0, 0.1) is 0 Å². The summed E-state index contributed by atoms with van der Waals surface area (Å²) in [6, 6.07) is 27.5. The molecule has 0 bridgehead atoms. The van der Waals surface area contributed by atoms with E-state index in [1.54, 1.807) is 30.7 Å². The van der Waals surface area contributed by atoms with Crippen molar-refractivity contribution in [1.29, 1.82) is 0 Å². The molecule has 0 fully saturated rings. The van der Waals surface area contributed by atoms with Gasteiger partial charge in [-0.2, -0.15) is 0 Å². The predicted molar refractivity (Wildman–Crippen MR) is 160 cm³/mol. The van der Waals surface area contributed by atoms with E-state index in [9.17, 15) is 9.59 Å². The van der Waals surface area contributed by atoms with Gasteiger partial charge in [0.2, 0.25) is 0 Å². The molecule has 202 valence electrons. The third kappa shape index (κ3) is 5.59. The zero-order valence-corrected chi connectivity index (χ0v) is 23.4. The molecule has 3 aromatic carbocycles. The molecule has 41 heavy (non-hydrogen) atoms. The number of hydrogen-bond donors (Lipinski definition) is 1. The quantitative estimate of drug-likeness (QED) is 0.189. The summed E-state index contributed by atoms with van der Waals surface area (Å²) in [5, 5.41) is 3.91. The molecular formula is C33H24ClN3O3S. The first-order valence-corrected chi connectivity index (χ1v) is 14.2. The molecule has 8 heteroatoms. The van der Waals surface area contributed by atoms with Crippen molar-refractivity contribution in [1.82, 2.24) is 15.3 Å². The van der Waals surface area contributed by atoms with Crippen molar-refractivity contribution in [3.8, 4) is 22.3 Å². The number of benzene rings is 3. The summed E-state index contributed by atoms with van der Waals surface area (Å²) in [5.41, 5.74) is 7.69. The molecule has 6 nitrogen and oxygen atoms in total. The molecule has 0 spiro atoms. The summed E-state index contributed by atoms with van der Waals surface area (Å²) in [7, 11) is 0. The first kappa shape index (κ1) is 26.7. The predicted octanol–water partition coefficient (Wildman–Crippen LogP) is 7.80. The normalized spacial score (nSPS) is 11.9. The topological polar surface area (TPSA) is 81.2 Å². The molecule has 1 N–H and O–H groups in total. The third-order valence-corrected chi connectivity index (χ3v) is 8.66. The number of aldehydes is 1. The van der Waals surface area contributed by atoms with Gasteiger partial charge in [-0.05, 0) is 75.3 Å². The van der Waals surface area contributed by atoms with Crippen LogP contribution in [0.15, 0.2) is 113 Å². The number of halogens is 1. The van der Waals surface area contributed by atoms with Crippen molar-refractivity contribution in [3.05, 3.63) is 131 Å². The average molecular weight is 578 g/mol. The number of rotatable bonds is 8. The zero-order chi connectivity index (χ0) is 28.2. The maximum atomic E-state index is 13.0. The van der Waals surface area contributed by atoms with Gasteiger partial charge in [0.05, 0.1) is 5.02 Å². The lowest BCUT2D eigenvalue weighted by atomic mass is 9.98. The molecule has 2 heterocycles. The van der Waals surface area contributed by atoms with Gasteiger partial charge in [-0.15, -0.1) is 0 Å². The van der Waals surface area contributed by atoms with E-state index in [0.29, 0.717) is 20.5 Å². The van der Waals surface area contributed by atoms with Crippen molar-refractivity contribution >= 4 is 35.7 Å². The molecular weight excluding hydrogens is 554 g/mol. The van der Waals surface area contributed by atoms with E-state index in [1.165, 1.54) is 22.9 Å². The Morgan fingerprint density at radius 2 is 1.61 bits per heavy atom. The Balaban J connectivity index is 1.23. The van der Waals surface area contributed by atoms with Crippen LogP contribution in [0.3, 0.4) is 0 Å². The number of carbonyl (C=O) groups excluding carboxylic acids is 2. The number of pyridine rings is 2. The first-order chi connectivity index (χ1) is 20.1. The van der Waals surface area contributed by atoms with Crippen molar-refractivity contribution in [3.63, 3.8) is 0 Å². The second-order valence-electron chi connectivity index (χ2n) is 9.48. The van der Waals surface area contributed by atoms with Gasteiger partial charge >= 0.3 is 6.09 Å². The van der Waals surface area contributed by atoms with E-state index in [4.69, 9.17) is 16.3 Å². The number of nitrogens with one attached hydrogen (secondary N) is 1. The van der Waals surface area contributed by atoms with Crippen molar-refractivity contribution in [2.24, 2.45) is 0 Å². The molecule has 1 amide bonds. The molecule has 0 saturated carbocycles. The van der Waals surface area contributed by atoms with Crippen LogP contribution in [0.4, 0.5) is 4.79 Å². The minimum atomic E-state index is -0.528. The van der Waals surface area contributed by atoms with Gasteiger partial charge in [0.15, 0.2) is 6.29 Å². The van der Waals surface area contributed by atoms with Crippen LogP contribution >= 0.6 is 23.4 Å². The van der Waals surface area contributed by atoms with Gasteiger partial charge in [-0.3, -0.25) is 9.78 Å². The molecule has 1 aliphatic carbocycles. The zero-order valence-electron chi connectivity index (χ0n) is 21.8. The number of aromatic nitrogens is 2. The smallest absolute Gasteiger partial charge is 0.407 e. The monoisotopic (exact) mass is 577 g/mol. The van der Waals surface area contributed by atoms with Crippen LogP contribution in [0.5, 0.6) is 0 Å². The van der Waals surface area contributed by atoms with Gasteiger partial charge in [0.25, 0.3) is 0 Å². The number of ether oxygens (including phenoxy) is 1. The number of hydrogen-bond acceptors (Lipinski definition) is 6. The Morgan fingerprint density at radius 3 is 2.32 bits per heavy atom. The fourth-order valence-electron chi connectivity index (χ4n) is 5.10. The highest BCUT2D eigenvalue weighted by Crippen LogP contribution is 2.44. The maximum Gasteiger partial charge on any atom is 0.407 e. The number of alkyl carbamates (subject to hydrolysis) is 1. The van der Waals surface area contributed by atoms with Gasteiger partial charge in [-0.1, -0.05) is 71.9 Å². The molecule has 6 rings (SSSR count). The van der Waals surface area contributed by atoms with Gasteiger partial charge < -0.3 is 10.1 Å². The van der Waals surface area contributed by atoms with Crippen molar-refractivity contribution < 1.29 is 14.3 Å². The summed E-state index contributed by atoms with van der Waals surface area (Å²) < 4.78 is 5.74. The average Bonchev–Trinajstić information content (AvgIpc) is 3.34. The number of amides is 1. The molecule has 1 aliphatic rings. The highest BCUT2D eigenvalue weighted by Gasteiger charge is 2.29. The fourth-order valence-corrected chi connectivity index (χ4v) is 6.41. The highest BCUT2D eigenvalue weighted by molar-refractivity contribution is 7.99. The lowest BCUT2D eigenvalue weighted by Gasteiger charge is -2.17. The number of carbonyl (C=O) groups is 2. The van der Waals surface area contributed by atoms with Gasteiger partial charge in [-0.25, -0.2) is 9.78 Å². The largest absolute Gasteiger partial charge is 0.449 e. The van der Waals surface area contributed by atoms with Crippen LogP contribution in [0.1, 0.15) is 33.0 Å². The first-order valence-electron chi connectivity index (χ1n) is 13.0. The number of fused-ring (bicyclic) bond motifs is 3. The minimum Gasteiger partial charge on any atom is -0.449 e. The van der Waals surface area contributed by atoms with E-state index in [-0.39, 0.29) is 19.1 Å². The molecule has 0 atom stereocenters. The third-order valence-electron chi connectivity index (χ3n) is 7.03. The molecule has 0 saturated heterocycles. The Labute approximate surface area is 246 Å². The highest BCUT2D eigenvalue weighted by atomic mass is 35.5. The molecule has 2 aromatic heterocycles. The van der Waals surface area contributed by atoms with Crippen LogP contribution in [-0.2, 0) is 11.3 Å². The Hall–Kier alpha value is -4.46. The van der Waals surface area contributed by atoms with Crippen molar-refractivity contribution in [2.45, 2.75) is 22.4 Å². The summed E-state index contributed by atoms with van der Waals surface area (Å²) in [6.07, 6.45) is 5.29. The van der Waals surface area contributed by atoms with E-state index in [1.807, 2.05) is 48.5 Å². The summed E-state index contributed by atoms with van der Waals surface area (Å²) in [4.78, 5) is 33.7. The molecule has 0 unspecified atom stereocenters. The van der Waals surface area contributed by atoms with E-state index in [2.05, 4.69) is 39.6 Å². The van der Waals surface area contributed by atoms with E-state index < -0.39 is 6.09 Å². The SMILES string of the molecule is O=Cc1cccnc1Sc1c(Cl)cc(-c2ccncc2)cc1CNC(=O)OCC1c2ccccc2-c2ccccc21. The fraction of sp³-hybridized carbons (Fsp3) is 0.0909. The van der Waals surface area contributed by atoms with Gasteiger partial charge in [0.1, 0.15) is 11.6 Å². The van der Waals surface area contributed by atoms with E-state index >= 15 is 0 Å². The molecule has 0 radical (unpaired) electrons. The summed E-state index contributed by atoms with van der Waals surface area (Å²) in [6.45, 7) is 0.386. The Bertz CT molecular complexity index is 1700. The van der Waals surface area contributed by atoms with Crippen LogP contribution in [-0.4, -0.2) is 29.0 Å². The second-order valence-corrected chi connectivity index (χ2v) is 10.9. The Kier molecular flexibility index (Phi) is 7.80. The summed E-state index contributed by atoms with van der Waals surface area (Å²) in [5.74, 6) is -0.0327.